The van der Waals surface area contributed by atoms with E-state index in [1.807, 2.05) is 67.6 Å². The molecule has 0 aliphatic carbocycles. The van der Waals surface area contributed by atoms with Crippen LogP contribution in [0.1, 0.15) is 16.7 Å². The summed E-state index contributed by atoms with van der Waals surface area (Å²) < 4.78 is 6.79. The van der Waals surface area contributed by atoms with E-state index in [9.17, 15) is 0 Å². The zero-order valence-corrected chi connectivity index (χ0v) is 17.3. The summed E-state index contributed by atoms with van der Waals surface area (Å²) >= 11 is 15.9. The molecule has 2 nitrogen and oxygen atoms in total. The third kappa shape index (κ3) is 4.94. The van der Waals surface area contributed by atoms with E-state index in [2.05, 4.69) is 21.2 Å². The maximum atomic E-state index is 6.17. The lowest BCUT2D eigenvalue weighted by Gasteiger charge is -2.12. The maximum Gasteiger partial charge on any atom is 0.134 e. The van der Waals surface area contributed by atoms with Crippen LogP contribution in [0.25, 0.3) is 0 Å². The Kier molecular flexibility index (Phi) is 6.47. The molecule has 0 fully saturated rings. The maximum absolute atomic E-state index is 6.17. The fourth-order valence-electron chi connectivity index (χ4n) is 2.45. The van der Waals surface area contributed by atoms with Crippen molar-refractivity contribution >= 4 is 44.8 Å². The van der Waals surface area contributed by atoms with Gasteiger partial charge in [0.2, 0.25) is 0 Å². The predicted octanol–water partition coefficient (Wildman–Crippen LogP) is 7.26. The van der Waals surface area contributed by atoms with E-state index in [4.69, 9.17) is 27.9 Å². The second-order valence-electron chi connectivity index (χ2n) is 5.96. The Morgan fingerprint density at radius 1 is 0.962 bits per heavy atom. The molecule has 0 spiro atoms. The van der Waals surface area contributed by atoms with Gasteiger partial charge in [0.25, 0.3) is 0 Å². The quantitative estimate of drug-likeness (QED) is 0.426. The summed E-state index contributed by atoms with van der Waals surface area (Å²) in [6, 6.07) is 19.7. The van der Waals surface area contributed by atoms with Gasteiger partial charge in [-0.1, -0.05) is 53.5 Å². The standard InChI is InChI=1S/C21H18BrCl2NO/c1-14-6-8-17(11-20(14)24)25-12-15-7-9-21(18(22)10-15)26-13-16-4-2-3-5-19(16)23/h2-11,25H,12-13H2,1H3. The zero-order valence-electron chi connectivity index (χ0n) is 14.2. The molecule has 0 saturated carbocycles. The molecule has 0 amide bonds. The van der Waals surface area contributed by atoms with Crippen LogP contribution in [0.15, 0.2) is 65.1 Å². The number of aryl methyl sites for hydroxylation is 1. The van der Waals surface area contributed by atoms with Crippen LogP contribution in [-0.2, 0) is 13.2 Å². The van der Waals surface area contributed by atoms with Gasteiger partial charge >= 0.3 is 0 Å². The first kappa shape index (κ1) is 19.1. The average molecular weight is 451 g/mol. The molecule has 0 atom stereocenters. The molecule has 0 radical (unpaired) electrons. The van der Waals surface area contributed by atoms with Crippen LogP contribution >= 0.6 is 39.1 Å². The first-order valence-corrected chi connectivity index (χ1v) is 9.72. The van der Waals surface area contributed by atoms with E-state index in [1.54, 1.807) is 0 Å². The molecule has 0 aliphatic heterocycles. The van der Waals surface area contributed by atoms with Gasteiger partial charge in [0.1, 0.15) is 12.4 Å². The van der Waals surface area contributed by atoms with Crippen molar-refractivity contribution in [1.82, 2.24) is 0 Å². The van der Waals surface area contributed by atoms with Crippen LogP contribution in [0.4, 0.5) is 5.69 Å². The Bertz CT molecular complexity index is 914. The van der Waals surface area contributed by atoms with Gasteiger partial charge in [-0.25, -0.2) is 0 Å². The third-order valence-electron chi connectivity index (χ3n) is 4.01. The lowest BCUT2D eigenvalue weighted by atomic mass is 10.2. The van der Waals surface area contributed by atoms with E-state index >= 15 is 0 Å². The number of hydrogen-bond acceptors (Lipinski definition) is 2. The molecule has 1 N–H and O–H groups in total. The topological polar surface area (TPSA) is 21.3 Å². The highest BCUT2D eigenvalue weighted by Gasteiger charge is 2.06. The number of nitrogens with one attached hydrogen (secondary N) is 1. The molecule has 0 saturated heterocycles. The van der Waals surface area contributed by atoms with E-state index in [-0.39, 0.29) is 0 Å². The van der Waals surface area contributed by atoms with Crippen LogP contribution in [-0.4, -0.2) is 0 Å². The minimum Gasteiger partial charge on any atom is -0.488 e. The molecular formula is C21H18BrCl2NO. The van der Waals surface area contributed by atoms with E-state index < -0.39 is 0 Å². The van der Waals surface area contributed by atoms with Crippen molar-refractivity contribution in [3.05, 3.63) is 91.9 Å². The van der Waals surface area contributed by atoms with Gasteiger partial charge in [-0.3, -0.25) is 0 Å². The summed E-state index contributed by atoms with van der Waals surface area (Å²) in [6.45, 7) is 3.12. The molecule has 5 heteroatoms. The summed E-state index contributed by atoms with van der Waals surface area (Å²) in [4.78, 5) is 0. The highest BCUT2D eigenvalue weighted by atomic mass is 79.9. The largest absolute Gasteiger partial charge is 0.488 e. The summed E-state index contributed by atoms with van der Waals surface area (Å²) in [5.41, 5.74) is 4.16. The van der Waals surface area contributed by atoms with Crippen molar-refractivity contribution in [3.8, 4) is 5.75 Å². The van der Waals surface area contributed by atoms with Crippen molar-refractivity contribution in [1.29, 1.82) is 0 Å². The summed E-state index contributed by atoms with van der Waals surface area (Å²) in [6.07, 6.45) is 0. The monoisotopic (exact) mass is 449 g/mol. The first-order chi connectivity index (χ1) is 12.5. The smallest absolute Gasteiger partial charge is 0.134 e. The Hall–Kier alpha value is -1.68. The molecule has 26 heavy (non-hydrogen) atoms. The molecule has 0 heterocycles. The van der Waals surface area contributed by atoms with E-state index in [1.165, 1.54) is 0 Å². The summed E-state index contributed by atoms with van der Waals surface area (Å²) in [7, 11) is 0. The fraction of sp³-hybridized carbons (Fsp3) is 0.143. The van der Waals surface area contributed by atoms with Crippen LogP contribution in [0, 0.1) is 6.92 Å². The molecule has 3 aromatic rings. The number of rotatable bonds is 6. The van der Waals surface area contributed by atoms with Crippen LogP contribution in [0.3, 0.4) is 0 Å². The first-order valence-electron chi connectivity index (χ1n) is 8.17. The average Bonchev–Trinajstić information content (AvgIpc) is 2.63. The minimum absolute atomic E-state index is 0.428. The van der Waals surface area contributed by atoms with Gasteiger partial charge in [-0.2, -0.15) is 0 Å². The molecule has 0 bridgehead atoms. The molecular weight excluding hydrogens is 433 g/mol. The second-order valence-corrected chi connectivity index (χ2v) is 7.63. The molecule has 0 unspecified atom stereocenters. The van der Waals surface area contributed by atoms with Crippen molar-refractivity contribution in [2.75, 3.05) is 5.32 Å². The molecule has 3 aromatic carbocycles. The number of ether oxygens (including phenoxy) is 1. The highest BCUT2D eigenvalue weighted by Crippen LogP contribution is 2.28. The van der Waals surface area contributed by atoms with Crippen LogP contribution in [0.2, 0.25) is 10.0 Å². The van der Waals surface area contributed by atoms with Crippen molar-refractivity contribution in [2.45, 2.75) is 20.1 Å². The molecule has 0 aliphatic rings. The van der Waals surface area contributed by atoms with Crippen molar-refractivity contribution in [3.63, 3.8) is 0 Å². The van der Waals surface area contributed by atoms with Gasteiger partial charge in [0, 0.05) is 27.8 Å². The Morgan fingerprint density at radius 3 is 2.50 bits per heavy atom. The fourth-order valence-corrected chi connectivity index (χ4v) is 3.36. The number of halogens is 3. The van der Waals surface area contributed by atoms with Gasteiger partial charge in [0.05, 0.1) is 4.47 Å². The van der Waals surface area contributed by atoms with Gasteiger partial charge in [0.15, 0.2) is 0 Å². The molecule has 3 rings (SSSR count). The van der Waals surface area contributed by atoms with E-state index in [0.717, 1.165) is 37.6 Å². The summed E-state index contributed by atoms with van der Waals surface area (Å²) in [5, 5.41) is 4.85. The van der Waals surface area contributed by atoms with Crippen LogP contribution < -0.4 is 10.1 Å². The number of anilines is 1. The molecule has 134 valence electrons. The van der Waals surface area contributed by atoms with Gasteiger partial charge < -0.3 is 10.1 Å². The Labute approximate surface area is 172 Å². The minimum atomic E-state index is 0.428. The van der Waals surface area contributed by atoms with Crippen LogP contribution in [0.5, 0.6) is 5.75 Å². The van der Waals surface area contributed by atoms with Gasteiger partial charge in [-0.05, 0) is 64.3 Å². The normalized spacial score (nSPS) is 10.6. The third-order valence-corrected chi connectivity index (χ3v) is 5.40. The number of benzene rings is 3. The lowest BCUT2D eigenvalue weighted by Crippen LogP contribution is -2.01. The Balaban J connectivity index is 1.61. The van der Waals surface area contributed by atoms with Crippen molar-refractivity contribution < 1.29 is 4.74 Å². The van der Waals surface area contributed by atoms with Crippen molar-refractivity contribution in [2.24, 2.45) is 0 Å². The zero-order chi connectivity index (χ0) is 18.5. The lowest BCUT2D eigenvalue weighted by molar-refractivity contribution is 0.304. The highest BCUT2D eigenvalue weighted by molar-refractivity contribution is 9.10. The summed E-state index contributed by atoms with van der Waals surface area (Å²) in [5.74, 6) is 0.784. The second kappa shape index (κ2) is 8.81. The predicted molar refractivity (Wildman–Crippen MR) is 113 cm³/mol. The Morgan fingerprint density at radius 2 is 1.77 bits per heavy atom. The van der Waals surface area contributed by atoms with Gasteiger partial charge in [-0.15, -0.1) is 0 Å². The molecule has 0 aromatic heterocycles. The van der Waals surface area contributed by atoms with E-state index in [0.29, 0.717) is 18.2 Å². The SMILES string of the molecule is Cc1ccc(NCc2ccc(OCc3ccccc3Cl)c(Br)c2)cc1Cl. The number of hydrogen-bond donors (Lipinski definition) is 1.